The van der Waals surface area contributed by atoms with E-state index >= 15 is 0 Å². The van der Waals surface area contributed by atoms with E-state index in [1.807, 2.05) is 48.7 Å². The number of alkyl halides is 1. The number of fused-ring (bicyclic) bond motifs is 2. The summed E-state index contributed by atoms with van der Waals surface area (Å²) in [6.07, 6.45) is 7.65. The van der Waals surface area contributed by atoms with Crippen molar-refractivity contribution in [3.8, 4) is 0 Å². The van der Waals surface area contributed by atoms with Crippen LogP contribution < -0.4 is 4.57 Å². The molecule has 4 rings (SSSR count). The molecule has 0 aliphatic heterocycles. The molecule has 3 nitrogen and oxygen atoms in total. The van der Waals surface area contributed by atoms with E-state index in [1.165, 1.54) is 10.9 Å². The molecular weight excluding hydrogens is 395 g/mol. The third kappa shape index (κ3) is 4.57. The van der Waals surface area contributed by atoms with Gasteiger partial charge in [-0.25, -0.2) is 0 Å². The standard InChI is InChI=1S/C25H26FN2OS/c26-15-7-1-2-8-16-27-17-14-24(21-10-4-6-12-23(21)27)30-19-25(29)28-18-13-20-9-3-5-11-22(20)28/h3-6,9-14,17-18H,1-2,7-8,15-16,19H2/q+1. The maximum Gasteiger partial charge on any atom is 0.241 e. The maximum absolute atomic E-state index is 12.8. The molecule has 0 saturated heterocycles. The molecule has 0 saturated carbocycles. The molecule has 2 aromatic carbocycles. The molecule has 0 aliphatic rings. The molecule has 4 aromatic rings. The van der Waals surface area contributed by atoms with Crippen molar-refractivity contribution in [1.29, 1.82) is 0 Å². The van der Waals surface area contributed by atoms with Gasteiger partial charge in [-0.15, -0.1) is 11.8 Å². The average Bonchev–Trinajstić information content (AvgIpc) is 3.22. The van der Waals surface area contributed by atoms with Crippen LogP contribution in [-0.4, -0.2) is 22.9 Å². The molecule has 0 spiro atoms. The zero-order valence-electron chi connectivity index (χ0n) is 17.0. The highest BCUT2D eigenvalue weighted by Gasteiger charge is 2.15. The number of carbonyl (C=O) groups excluding carboxylic acids is 1. The van der Waals surface area contributed by atoms with Crippen molar-refractivity contribution >= 4 is 39.5 Å². The van der Waals surface area contributed by atoms with Gasteiger partial charge in [-0.05, 0) is 31.0 Å². The first-order chi connectivity index (χ1) is 14.8. The van der Waals surface area contributed by atoms with E-state index in [-0.39, 0.29) is 12.6 Å². The molecule has 0 amide bonds. The van der Waals surface area contributed by atoms with Gasteiger partial charge in [-0.2, -0.15) is 4.57 Å². The Bertz CT molecular complexity index is 1150. The molecular formula is C25H26FN2OS+. The minimum Gasteiger partial charge on any atom is -0.287 e. The third-order valence-electron chi connectivity index (χ3n) is 5.39. The Morgan fingerprint density at radius 1 is 0.933 bits per heavy atom. The number of pyridine rings is 1. The lowest BCUT2D eigenvalue weighted by Crippen LogP contribution is -2.34. The van der Waals surface area contributed by atoms with E-state index < -0.39 is 0 Å². The number of aryl methyl sites for hydroxylation is 1. The van der Waals surface area contributed by atoms with Gasteiger partial charge in [0.05, 0.1) is 23.3 Å². The number of para-hydroxylation sites is 2. The molecule has 2 aromatic heterocycles. The largest absolute Gasteiger partial charge is 0.287 e. The predicted octanol–water partition coefficient (Wildman–Crippen LogP) is 6.04. The molecule has 0 unspecified atom stereocenters. The van der Waals surface area contributed by atoms with Crippen LogP contribution in [0.3, 0.4) is 0 Å². The summed E-state index contributed by atoms with van der Waals surface area (Å²) in [5, 5.41) is 2.24. The number of rotatable bonds is 9. The van der Waals surface area contributed by atoms with Crippen LogP contribution in [0, 0.1) is 0 Å². The maximum atomic E-state index is 12.8. The molecule has 0 N–H and O–H groups in total. The number of unbranched alkanes of at least 4 members (excludes halogenated alkanes) is 3. The van der Waals surface area contributed by atoms with Crippen LogP contribution in [-0.2, 0) is 6.54 Å². The van der Waals surface area contributed by atoms with Crippen molar-refractivity contribution in [2.75, 3.05) is 12.4 Å². The number of halogens is 1. The van der Waals surface area contributed by atoms with Crippen LogP contribution in [0.5, 0.6) is 0 Å². The summed E-state index contributed by atoms with van der Waals surface area (Å²) in [7, 11) is 0. The molecule has 30 heavy (non-hydrogen) atoms. The summed E-state index contributed by atoms with van der Waals surface area (Å²) in [6.45, 7) is 0.700. The summed E-state index contributed by atoms with van der Waals surface area (Å²) < 4.78 is 16.3. The summed E-state index contributed by atoms with van der Waals surface area (Å²) in [6, 6.07) is 20.4. The number of carbonyl (C=O) groups is 1. The summed E-state index contributed by atoms with van der Waals surface area (Å²) >= 11 is 1.58. The Morgan fingerprint density at radius 2 is 1.73 bits per heavy atom. The summed E-state index contributed by atoms with van der Waals surface area (Å²) in [4.78, 5) is 13.9. The van der Waals surface area contributed by atoms with Crippen molar-refractivity contribution in [2.45, 2.75) is 37.1 Å². The highest BCUT2D eigenvalue weighted by atomic mass is 32.2. The van der Waals surface area contributed by atoms with Crippen molar-refractivity contribution < 1.29 is 13.8 Å². The normalized spacial score (nSPS) is 11.4. The Kier molecular flexibility index (Phi) is 6.80. The van der Waals surface area contributed by atoms with Crippen LogP contribution in [0.4, 0.5) is 4.39 Å². The van der Waals surface area contributed by atoms with Crippen molar-refractivity contribution in [3.63, 3.8) is 0 Å². The second kappa shape index (κ2) is 9.90. The topological polar surface area (TPSA) is 25.9 Å². The molecule has 0 atom stereocenters. The fraction of sp³-hybridized carbons (Fsp3) is 0.280. The van der Waals surface area contributed by atoms with Gasteiger partial charge in [0.2, 0.25) is 11.4 Å². The molecule has 2 heterocycles. The van der Waals surface area contributed by atoms with Gasteiger partial charge in [0.25, 0.3) is 0 Å². The lowest BCUT2D eigenvalue weighted by Gasteiger charge is -2.08. The van der Waals surface area contributed by atoms with Crippen LogP contribution in [0.2, 0.25) is 0 Å². The lowest BCUT2D eigenvalue weighted by atomic mass is 10.2. The van der Waals surface area contributed by atoms with Crippen molar-refractivity contribution in [2.24, 2.45) is 0 Å². The summed E-state index contributed by atoms with van der Waals surface area (Å²) in [5.74, 6) is 0.463. The fourth-order valence-electron chi connectivity index (χ4n) is 3.82. The average molecular weight is 422 g/mol. The molecule has 5 heteroatoms. The van der Waals surface area contributed by atoms with Gasteiger partial charge < -0.3 is 0 Å². The van der Waals surface area contributed by atoms with Gasteiger partial charge in [-0.1, -0.05) is 36.8 Å². The fourth-order valence-corrected chi connectivity index (χ4v) is 4.72. The number of thioether (sulfide) groups is 1. The van der Waals surface area contributed by atoms with E-state index in [0.717, 1.165) is 41.6 Å². The van der Waals surface area contributed by atoms with Gasteiger partial charge in [-0.3, -0.25) is 13.8 Å². The van der Waals surface area contributed by atoms with Gasteiger partial charge >= 0.3 is 0 Å². The highest BCUT2D eigenvalue weighted by Crippen LogP contribution is 2.27. The first-order valence-corrected chi connectivity index (χ1v) is 11.5. The predicted molar refractivity (Wildman–Crippen MR) is 122 cm³/mol. The van der Waals surface area contributed by atoms with E-state index in [1.54, 1.807) is 16.3 Å². The second-order valence-corrected chi connectivity index (χ2v) is 8.44. The minimum atomic E-state index is -0.223. The zero-order chi connectivity index (χ0) is 20.8. The highest BCUT2D eigenvalue weighted by molar-refractivity contribution is 8.00. The molecule has 154 valence electrons. The van der Waals surface area contributed by atoms with Gasteiger partial charge in [0.1, 0.15) is 6.54 Å². The van der Waals surface area contributed by atoms with E-state index in [9.17, 15) is 9.18 Å². The Labute approximate surface area is 180 Å². The van der Waals surface area contributed by atoms with Crippen LogP contribution in [0.25, 0.3) is 21.8 Å². The second-order valence-electron chi connectivity index (χ2n) is 7.42. The van der Waals surface area contributed by atoms with E-state index in [2.05, 4.69) is 29.0 Å². The van der Waals surface area contributed by atoms with E-state index in [0.29, 0.717) is 12.2 Å². The van der Waals surface area contributed by atoms with Crippen LogP contribution in [0.1, 0.15) is 30.5 Å². The molecule has 0 fully saturated rings. The first kappa shape index (κ1) is 20.6. The smallest absolute Gasteiger partial charge is 0.241 e. The van der Waals surface area contributed by atoms with Crippen LogP contribution >= 0.6 is 11.8 Å². The number of nitrogens with zero attached hydrogens (tertiary/aromatic N) is 2. The minimum absolute atomic E-state index is 0.0786. The Hall–Kier alpha value is -2.66. The van der Waals surface area contributed by atoms with Gasteiger partial charge in [0.15, 0.2) is 6.20 Å². The lowest BCUT2D eigenvalue weighted by molar-refractivity contribution is -0.672. The summed E-state index contributed by atoms with van der Waals surface area (Å²) in [5.41, 5.74) is 2.12. The van der Waals surface area contributed by atoms with Crippen molar-refractivity contribution in [3.05, 3.63) is 73.1 Å². The van der Waals surface area contributed by atoms with Gasteiger partial charge in [0, 0.05) is 35.0 Å². The number of aromatic nitrogens is 2. The van der Waals surface area contributed by atoms with E-state index in [4.69, 9.17) is 0 Å². The quantitative estimate of drug-likeness (QED) is 0.187. The monoisotopic (exact) mass is 421 g/mol. The third-order valence-corrected chi connectivity index (χ3v) is 6.45. The first-order valence-electron chi connectivity index (χ1n) is 10.5. The zero-order valence-corrected chi connectivity index (χ0v) is 17.8. The number of hydrogen-bond donors (Lipinski definition) is 0. The van der Waals surface area contributed by atoms with Crippen LogP contribution in [0.15, 0.2) is 78.0 Å². The Balaban J connectivity index is 1.48. The molecule has 0 radical (unpaired) electrons. The number of hydrogen-bond acceptors (Lipinski definition) is 2. The molecule has 0 aliphatic carbocycles. The number of benzene rings is 2. The van der Waals surface area contributed by atoms with Crippen molar-refractivity contribution in [1.82, 2.24) is 4.57 Å². The Morgan fingerprint density at radius 3 is 2.63 bits per heavy atom. The SMILES string of the molecule is O=C(CSc1cc[n+](CCCCCCF)c2ccccc12)n1ccc2ccccc21. The molecule has 0 bridgehead atoms.